The van der Waals surface area contributed by atoms with Gasteiger partial charge in [-0.2, -0.15) is 4.98 Å². The monoisotopic (exact) mass is 253 g/mol. The van der Waals surface area contributed by atoms with Crippen LogP contribution in [0, 0.1) is 11.8 Å². The van der Waals surface area contributed by atoms with Crippen LogP contribution in [0.15, 0.2) is 4.52 Å². The molecule has 1 fully saturated rings. The van der Waals surface area contributed by atoms with Gasteiger partial charge in [-0.3, -0.25) is 4.90 Å². The van der Waals surface area contributed by atoms with Crippen LogP contribution in [-0.4, -0.2) is 41.8 Å². The van der Waals surface area contributed by atoms with Crippen molar-refractivity contribution >= 4 is 0 Å². The van der Waals surface area contributed by atoms with Crippen molar-refractivity contribution < 1.29 is 9.26 Å². The Labute approximate surface area is 108 Å². The Morgan fingerprint density at radius 3 is 2.94 bits per heavy atom. The summed E-state index contributed by atoms with van der Waals surface area (Å²) < 4.78 is 10.6. The lowest BCUT2D eigenvalue weighted by atomic mass is 10.1. The van der Waals surface area contributed by atoms with Crippen molar-refractivity contribution in [2.75, 3.05) is 26.8 Å². The molecule has 1 aromatic heterocycles. The minimum Gasteiger partial charge on any atom is -0.381 e. The lowest BCUT2D eigenvalue weighted by Crippen LogP contribution is -2.25. The molecular weight excluding hydrogens is 230 g/mol. The number of nitrogens with zero attached hydrogens (tertiary/aromatic N) is 3. The van der Waals surface area contributed by atoms with Gasteiger partial charge in [0.15, 0.2) is 5.82 Å². The fraction of sp³-hybridized carbons (Fsp3) is 0.846. The van der Waals surface area contributed by atoms with E-state index in [0.29, 0.717) is 17.7 Å². The molecule has 1 aliphatic rings. The van der Waals surface area contributed by atoms with Gasteiger partial charge in [-0.1, -0.05) is 19.0 Å². The molecule has 102 valence electrons. The molecule has 1 aliphatic heterocycles. The number of hydrogen-bond donors (Lipinski definition) is 0. The van der Waals surface area contributed by atoms with Gasteiger partial charge in [0.2, 0.25) is 5.89 Å². The fourth-order valence-corrected chi connectivity index (χ4v) is 2.27. The largest absolute Gasteiger partial charge is 0.381 e. The van der Waals surface area contributed by atoms with Crippen molar-refractivity contribution in [3.05, 3.63) is 11.7 Å². The molecule has 0 bridgehead atoms. The maximum Gasteiger partial charge on any atom is 0.240 e. The summed E-state index contributed by atoms with van der Waals surface area (Å²) in [7, 11) is 2.09. The Morgan fingerprint density at radius 1 is 1.44 bits per heavy atom. The molecule has 0 aliphatic carbocycles. The third-order valence-corrected chi connectivity index (χ3v) is 3.10. The zero-order chi connectivity index (χ0) is 13.0. The van der Waals surface area contributed by atoms with E-state index in [1.165, 1.54) is 0 Å². The van der Waals surface area contributed by atoms with Crippen LogP contribution in [0.5, 0.6) is 0 Å². The van der Waals surface area contributed by atoms with E-state index < -0.39 is 0 Å². The van der Waals surface area contributed by atoms with E-state index in [1.54, 1.807) is 0 Å². The van der Waals surface area contributed by atoms with Crippen LogP contribution in [0.25, 0.3) is 0 Å². The molecule has 0 N–H and O–H groups in total. The smallest absolute Gasteiger partial charge is 0.240 e. The summed E-state index contributed by atoms with van der Waals surface area (Å²) in [4.78, 5) is 6.64. The van der Waals surface area contributed by atoms with Crippen molar-refractivity contribution in [2.45, 2.75) is 33.2 Å². The first-order valence-corrected chi connectivity index (χ1v) is 6.71. The highest BCUT2D eigenvalue weighted by Gasteiger charge is 2.18. The molecule has 0 spiro atoms. The third-order valence-electron chi connectivity index (χ3n) is 3.10. The Morgan fingerprint density at radius 2 is 2.28 bits per heavy atom. The van der Waals surface area contributed by atoms with Crippen LogP contribution in [0.3, 0.4) is 0 Å². The Balaban J connectivity index is 1.79. The quantitative estimate of drug-likeness (QED) is 0.773. The molecule has 0 amide bonds. The van der Waals surface area contributed by atoms with E-state index in [-0.39, 0.29) is 0 Å². The summed E-state index contributed by atoms with van der Waals surface area (Å²) in [6, 6.07) is 0. The summed E-state index contributed by atoms with van der Waals surface area (Å²) in [6.07, 6.45) is 2.04. The molecule has 0 radical (unpaired) electrons. The highest BCUT2D eigenvalue weighted by Crippen LogP contribution is 2.14. The summed E-state index contributed by atoms with van der Waals surface area (Å²) in [5, 5.41) is 4.00. The third kappa shape index (κ3) is 4.07. The predicted molar refractivity (Wildman–Crippen MR) is 68.1 cm³/mol. The summed E-state index contributed by atoms with van der Waals surface area (Å²) in [5.74, 6) is 2.74. The minimum atomic E-state index is 0.559. The van der Waals surface area contributed by atoms with E-state index in [9.17, 15) is 0 Å². The van der Waals surface area contributed by atoms with Crippen LogP contribution in [0.1, 0.15) is 32.0 Å². The molecule has 2 rings (SSSR count). The molecule has 2 heterocycles. The molecule has 18 heavy (non-hydrogen) atoms. The van der Waals surface area contributed by atoms with Gasteiger partial charge in [0.05, 0.1) is 13.2 Å². The summed E-state index contributed by atoms with van der Waals surface area (Å²) >= 11 is 0. The number of ether oxygens (including phenoxy) is 1. The Kier molecular flexibility index (Phi) is 4.72. The van der Waals surface area contributed by atoms with Crippen LogP contribution < -0.4 is 0 Å². The van der Waals surface area contributed by atoms with Crippen molar-refractivity contribution in [2.24, 2.45) is 11.8 Å². The van der Waals surface area contributed by atoms with Gasteiger partial charge in [0.1, 0.15) is 0 Å². The van der Waals surface area contributed by atoms with E-state index in [1.807, 2.05) is 0 Å². The average molecular weight is 253 g/mol. The van der Waals surface area contributed by atoms with Crippen molar-refractivity contribution in [3.8, 4) is 0 Å². The first kappa shape index (κ1) is 13.5. The Bertz CT molecular complexity index is 359. The molecule has 0 saturated carbocycles. The number of hydrogen-bond acceptors (Lipinski definition) is 5. The van der Waals surface area contributed by atoms with Crippen molar-refractivity contribution in [1.29, 1.82) is 0 Å². The molecular formula is C13H23N3O2. The SMILES string of the molecule is CC(C)Cc1noc(CN(C)CC2CCOC2)n1. The highest BCUT2D eigenvalue weighted by molar-refractivity contribution is 4.87. The van der Waals surface area contributed by atoms with Gasteiger partial charge in [0, 0.05) is 19.6 Å². The zero-order valence-electron chi connectivity index (χ0n) is 11.6. The van der Waals surface area contributed by atoms with E-state index >= 15 is 0 Å². The first-order valence-electron chi connectivity index (χ1n) is 6.71. The molecule has 1 saturated heterocycles. The lowest BCUT2D eigenvalue weighted by molar-refractivity contribution is 0.169. The van der Waals surface area contributed by atoms with Gasteiger partial charge in [-0.05, 0) is 25.3 Å². The predicted octanol–water partition coefficient (Wildman–Crippen LogP) is 1.74. The number of aromatic nitrogens is 2. The minimum absolute atomic E-state index is 0.559. The van der Waals surface area contributed by atoms with Gasteiger partial charge in [0.25, 0.3) is 0 Å². The van der Waals surface area contributed by atoms with Gasteiger partial charge in [-0.25, -0.2) is 0 Å². The van der Waals surface area contributed by atoms with Crippen LogP contribution in [-0.2, 0) is 17.7 Å². The van der Waals surface area contributed by atoms with Gasteiger partial charge in [-0.15, -0.1) is 0 Å². The number of rotatable bonds is 6. The molecule has 5 heteroatoms. The molecule has 5 nitrogen and oxygen atoms in total. The zero-order valence-corrected chi connectivity index (χ0v) is 11.6. The highest BCUT2D eigenvalue weighted by atomic mass is 16.5. The van der Waals surface area contributed by atoms with Crippen LogP contribution >= 0.6 is 0 Å². The average Bonchev–Trinajstić information content (AvgIpc) is 2.89. The fourth-order valence-electron chi connectivity index (χ4n) is 2.27. The topological polar surface area (TPSA) is 51.4 Å². The Hall–Kier alpha value is -0.940. The van der Waals surface area contributed by atoms with Crippen LogP contribution in [0.2, 0.25) is 0 Å². The summed E-state index contributed by atoms with van der Waals surface area (Å²) in [6.45, 7) is 7.85. The molecule has 1 atom stereocenters. The summed E-state index contributed by atoms with van der Waals surface area (Å²) in [5.41, 5.74) is 0. The van der Waals surface area contributed by atoms with E-state index in [0.717, 1.165) is 45.0 Å². The van der Waals surface area contributed by atoms with Gasteiger partial charge < -0.3 is 9.26 Å². The van der Waals surface area contributed by atoms with E-state index in [4.69, 9.17) is 9.26 Å². The standard InChI is InChI=1S/C13H23N3O2/c1-10(2)6-12-14-13(18-15-12)8-16(3)7-11-4-5-17-9-11/h10-11H,4-9H2,1-3H3. The molecule has 1 unspecified atom stereocenters. The van der Waals surface area contributed by atoms with Gasteiger partial charge >= 0.3 is 0 Å². The first-order chi connectivity index (χ1) is 8.63. The molecule has 0 aromatic carbocycles. The van der Waals surface area contributed by atoms with Crippen LogP contribution in [0.4, 0.5) is 0 Å². The van der Waals surface area contributed by atoms with Crippen molar-refractivity contribution in [1.82, 2.24) is 15.0 Å². The lowest BCUT2D eigenvalue weighted by Gasteiger charge is -2.17. The maximum absolute atomic E-state index is 5.38. The second-order valence-corrected chi connectivity index (χ2v) is 5.63. The second-order valence-electron chi connectivity index (χ2n) is 5.63. The maximum atomic E-state index is 5.38. The molecule has 1 aromatic rings. The van der Waals surface area contributed by atoms with E-state index in [2.05, 4.69) is 35.9 Å². The normalized spacial score (nSPS) is 20.2. The second kappa shape index (κ2) is 6.29. The van der Waals surface area contributed by atoms with Crippen molar-refractivity contribution in [3.63, 3.8) is 0 Å².